The third kappa shape index (κ3) is 4.34. The number of rotatable bonds is 4. The smallest absolute Gasteiger partial charge is 0.265 e. The van der Waals surface area contributed by atoms with E-state index in [-0.39, 0.29) is 23.9 Å². The number of morpholine rings is 1. The Morgan fingerprint density at radius 1 is 1.15 bits per heavy atom. The SMILES string of the molecule is Cc1nn(-c2ccc(F)cc2)c2sc(C(=O)Nc3ccc(N4CC(C)OC(C)C4)nc3)cc12. The summed E-state index contributed by atoms with van der Waals surface area (Å²) in [7, 11) is 0. The van der Waals surface area contributed by atoms with Gasteiger partial charge in [-0.15, -0.1) is 11.3 Å². The summed E-state index contributed by atoms with van der Waals surface area (Å²) in [5.41, 5.74) is 2.19. The van der Waals surface area contributed by atoms with Gasteiger partial charge in [0.15, 0.2) is 0 Å². The fourth-order valence-electron chi connectivity index (χ4n) is 4.12. The Kier molecular flexibility index (Phi) is 5.59. The molecule has 170 valence electrons. The van der Waals surface area contributed by atoms with Gasteiger partial charge in [-0.1, -0.05) is 0 Å². The third-order valence-electron chi connectivity index (χ3n) is 5.59. The lowest BCUT2D eigenvalue weighted by Gasteiger charge is -2.36. The van der Waals surface area contributed by atoms with Crippen LogP contribution in [-0.2, 0) is 4.74 Å². The summed E-state index contributed by atoms with van der Waals surface area (Å²) in [6, 6.07) is 11.8. The van der Waals surface area contributed by atoms with Crippen molar-refractivity contribution in [3.05, 3.63) is 65.0 Å². The number of benzene rings is 1. The number of hydrogen-bond acceptors (Lipinski definition) is 6. The standard InChI is InChI=1S/C24H24FN5O2S/c1-14-12-29(13-15(2)32-14)22-9-6-18(11-26-22)27-23(31)21-10-20-16(3)28-30(24(20)33-21)19-7-4-17(25)5-8-19/h4-11,14-15H,12-13H2,1-3H3,(H,27,31). The lowest BCUT2D eigenvalue weighted by molar-refractivity contribution is -0.00545. The Morgan fingerprint density at radius 2 is 1.88 bits per heavy atom. The topological polar surface area (TPSA) is 72.3 Å². The molecule has 33 heavy (non-hydrogen) atoms. The van der Waals surface area contributed by atoms with Crippen LogP contribution < -0.4 is 10.2 Å². The monoisotopic (exact) mass is 465 g/mol. The highest BCUT2D eigenvalue weighted by Crippen LogP contribution is 2.31. The molecule has 5 rings (SSSR count). The second kappa shape index (κ2) is 8.57. The van der Waals surface area contributed by atoms with E-state index in [1.807, 2.05) is 25.1 Å². The number of anilines is 2. The molecule has 1 fully saturated rings. The van der Waals surface area contributed by atoms with Gasteiger partial charge in [0.05, 0.1) is 40.4 Å². The van der Waals surface area contributed by atoms with Crippen molar-refractivity contribution in [1.82, 2.24) is 14.8 Å². The van der Waals surface area contributed by atoms with Gasteiger partial charge in [-0.2, -0.15) is 5.10 Å². The van der Waals surface area contributed by atoms with Crippen LogP contribution in [0.3, 0.4) is 0 Å². The number of aromatic nitrogens is 3. The molecule has 1 amide bonds. The highest BCUT2D eigenvalue weighted by atomic mass is 32.1. The number of hydrogen-bond donors (Lipinski definition) is 1. The number of pyridine rings is 1. The molecule has 4 heterocycles. The number of ether oxygens (including phenoxy) is 1. The Bertz CT molecular complexity index is 1290. The first-order valence-electron chi connectivity index (χ1n) is 10.8. The maximum atomic E-state index is 13.3. The van der Waals surface area contributed by atoms with E-state index in [1.165, 1.54) is 23.5 Å². The van der Waals surface area contributed by atoms with Crippen molar-refractivity contribution in [3.63, 3.8) is 0 Å². The van der Waals surface area contributed by atoms with Crippen LogP contribution in [0.1, 0.15) is 29.2 Å². The van der Waals surface area contributed by atoms with Crippen molar-refractivity contribution in [2.24, 2.45) is 0 Å². The number of nitrogens with one attached hydrogen (secondary N) is 1. The van der Waals surface area contributed by atoms with E-state index in [0.29, 0.717) is 10.6 Å². The minimum atomic E-state index is -0.303. The summed E-state index contributed by atoms with van der Waals surface area (Å²) in [5, 5.41) is 8.38. The zero-order valence-corrected chi connectivity index (χ0v) is 19.4. The molecule has 1 aliphatic rings. The second-order valence-corrected chi connectivity index (χ2v) is 9.36. The molecule has 1 saturated heterocycles. The minimum Gasteiger partial charge on any atom is -0.372 e. The van der Waals surface area contributed by atoms with Crippen LogP contribution in [0.4, 0.5) is 15.9 Å². The minimum absolute atomic E-state index is 0.150. The average molecular weight is 466 g/mol. The van der Waals surface area contributed by atoms with Crippen LogP contribution in [0.15, 0.2) is 48.7 Å². The lowest BCUT2D eigenvalue weighted by atomic mass is 10.2. The van der Waals surface area contributed by atoms with Crippen LogP contribution in [0.25, 0.3) is 15.9 Å². The fraction of sp³-hybridized carbons (Fsp3) is 0.292. The van der Waals surface area contributed by atoms with Crippen molar-refractivity contribution < 1.29 is 13.9 Å². The van der Waals surface area contributed by atoms with Gasteiger partial charge >= 0.3 is 0 Å². The van der Waals surface area contributed by atoms with E-state index in [0.717, 1.165) is 40.5 Å². The molecular weight excluding hydrogens is 441 g/mol. The normalized spacial score (nSPS) is 18.6. The van der Waals surface area contributed by atoms with Crippen molar-refractivity contribution in [2.45, 2.75) is 33.0 Å². The Labute approximate surface area is 194 Å². The molecule has 0 aliphatic carbocycles. The first-order chi connectivity index (χ1) is 15.9. The molecule has 9 heteroatoms. The number of thiophene rings is 1. The van der Waals surface area contributed by atoms with Crippen molar-refractivity contribution in [3.8, 4) is 5.69 Å². The molecule has 0 bridgehead atoms. The summed E-state index contributed by atoms with van der Waals surface area (Å²) >= 11 is 1.35. The van der Waals surface area contributed by atoms with Crippen LogP contribution in [0.5, 0.6) is 0 Å². The highest BCUT2D eigenvalue weighted by molar-refractivity contribution is 7.20. The van der Waals surface area contributed by atoms with Gasteiger partial charge < -0.3 is 15.0 Å². The van der Waals surface area contributed by atoms with E-state index in [2.05, 4.69) is 34.1 Å². The number of nitrogens with zero attached hydrogens (tertiary/aromatic N) is 4. The zero-order valence-electron chi connectivity index (χ0n) is 18.6. The third-order valence-corrected chi connectivity index (χ3v) is 6.70. The predicted molar refractivity (Wildman–Crippen MR) is 128 cm³/mol. The molecule has 0 saturated carbocycles. The molecule has 1 aliphatic heterocycles. The van der Waals surface area contributed by atoms with Gasteiger partial charge in [0, 0.05) is 18.5 Å². The van der Waals surface area contributed by atoms with Gasteiger partial charge in [0.2, 0.25) is 0 Å². The molecule has 1 N–H and O–H groups in total. The molecule has 2 unspecified atom stereocenters. The molecule has 0 radical (unpaired) electrons. The van der Waals surface area contributed by atoms with E-state index in [9.17, 15) is 9.18 Å². The Hall–Kier alpha value is -3.30. The maximum Gasteiger partial charge on any atom is 0.265 e. The largest absolute Gasteiger partial charge is 0.372 e. The summed E-state index contributed by atoms with van der Waals surface area (Å²) in [4.78, 5) is 21.1. The van der Waals surface area contributed by atoms with Crippen LogP contribution in [0, 0.1) is 12.7 Å². The number of aryl methyl sites for hydroxylation is 1. The number of amides is 1. The van der Waals surface area contributed by atoms with Gasteiger partial charge in [0.1, 0.15) is 16.5 Å². The molecule has 1 aromatic carbocycles. The molecule has 3 aromatic heterocycles. The summed E-state index contributed by atoms with van der Waals surface area (Å²) in [5.74, 6) is 0.360. The van der Waals surface area contributed by atoms with Crippen LogP contribution in [0.2, 0.25) is 0 Å². The molecule has 4 aromatic rings. The molecule has 7 nitrogen and oxygen atoms in total. The fourth-order valence-corrected chi connectivity index (χ4v) is 5.20. The number of carbonyl (C=O) groups is 1. The summed E-state index contributed by atoms with van der Waals surface area (Å²) in [6.07, 6.45) is 1.98. The molecule has 2 atom stereocenters. The van der Waals surface area contributed by atoms with Crippen LogP contribution in [-0.4, -0.2) is 46.0 Å². The van der Waals surface area contributed by atoms with E-state index >= 15 is 0 Å². The average Bonchev–Trinajstić information content (AvgIpc) is 3.35. The molecular formula is C24H24FN5O2S. The van der Waals surface area contributed by atoms with Crippen molar-refractivity contribution in [2.75, 3.05) is 23.3 Å². The second-order valence-electron chi connectivity index (χ2n) is 8.32. The van der Waals surface area contributed by atoms with Gasteiger partial charge in [0.25, 0.3) is 5.91 Å². The van der Waals surface area contributed by atoms with Gasteiger partial charge in [-0.25, -0.2) is 14.1 Å². The first kappa shape index (κ1) is 21.5. The summed E-state index contributed by atoms with van der Waals surface area (Å²) in [6.45, 7) is 7.58. The van der Waals surface area contributed by atoms with Gasteiger partial charge in [-0.3, -0.25) is 4.79 Å². The molecule has 0 spiro atoms. The van der Waals surface area contributed by atoms with E-state index < -0.39 is 0 Å². The van der Waals surface area contributed by atoms with Gasteiger partial charge in [-0.05, 0) is 63.2 Å². The number of fused-ring (bicyclic) bond motifs is 1. The Morgan fingerprint density at radius 3 is 2.55 bits per heavy atom. The lowest BCUT2D eigenvalue weighted by Crippen LogP contribution is -2.45. The van der Waals surface area contributed by atoms with Crippen molar-refractivity contribution in [1.29, 1.82) is 0 Å². The predicted octanol–water partition coefficient (Wildman–Crippen LogP) is 4.80. The number of halogens is 1. The first-order valence-corrected chi connectivity index (χ1v) is 11.6. The number of carbonyl (C=O) groups excluding carboxylic acids is 1. The Balaban J connectivity index is 1.34. The quantitative estimate of drug-likeness (QED) is 0.469. The van der Waals surface area contributed by atoms with E-state index in [1.54, 1.807) is 23.0 Å². The van der Waals surface area contributed by atoms with Crippen molar-refractivity contribution >= 4 is 39.0 Å². The summed E-state index contributed by atoms with van der Waals surface area (Å²) < 4.78 is 20.8. The van der Waals surface area contributed by atoms with Crippen LogP contribution >= 0.6 is 11.3 Å². The van der Waals surface area contributed by atoms with E-state index in [4.69, 9.17) is 4.74 Å². The highest BCUT2D eigenvalue weighted by Gasteiger charge is 2.23. The zero-order chi connectivity index (χ0) is 23.1. The maximum absolute atomic E-state index is 13.3.